The SMILES string of the molecule is C[C@]1(COC(=O)N2CCN(N=Cc3ccc(C(F)(F)F)cc3)CC2)Cn2cc([N+](=O)[O-])nc2O1. The number of imidazole rings is 1. The standard InChI is InChI=1S/C20H21F3N6O5/c1-19(12-27-11-16(29(31)32)25-17(27)34-19)13-33-18(30)26-6-8-28(9-7-26)24-10-14-2-4-15(5-3-14)20(21,22)23/h2-5,10-11H,6-9,12-13H2,1H3/t19-/m1/s1. The molecule has 1 saturated heterocycles. The Morgan fingerprint density at radius 2 is 1.97 bits per heavy atom. The van der Waals surface area contributed by atoms with E-state index in [2.05, 4.69) is 10.1 Å². The number of benzene rings is 1. The second kappa shape index (κ2) is 8.83. The second-order valence-corrected chi connectivity index (χ2v) is 8.18. The van der Waals surface area contributed by atoms with Crippen LogP contribution in [0, 0.1) is 10.1 Å². The van der Waals surface area contributed by atoms with Crippen LogP contribution in [0.1, 0.15) is 18.1 Å². The molecule has 1 aromatic carbocycles. The normalized spacial score (nSPS) is 20.4. The van der Waals surface area contributed by atoms with Crippen LogP contribution in [0.15, 0.2) is 35.6 Å². The first-order valence-electron chi connectivity index (χ1n) is 10.3. The number of carbonyl (C=O) groups is 1. The zero-order valence-electron chi connectivity index (χ0n) is 18.1. The van der Waals surface area contributed by atoms with Crippen LogP contribution in [-0.4, -0.2) is 75.1 Å². The molecule has 2 aliphatic rings. The molecule has 0 N–H and O–H groups in total. The molecule has 0 bridgehead atoms. The van der Waals surface area contributed by atoms with E-state index in [1.165, 1.54) is 34.0 Å². The molecule has 0 aliphatic carbocycles. The van der Waals surface area contributed by atoms with Gasteiger partial charge in [0.05, 0.1) is 31.4 Å². The van der Waals surface area contributed by atoms with Crippen LogP contribution in [0.2, 0.25) is 0 Å². The number of ether oxygens (including phenoxy) is 2. The van der Waals surface area contributed by atoms with Crippen molar-refractivity contribution in [3.63, 3.8) is 0 Å². The molecule has 1 atom stereocenters. The van der Waals surface area contributed by atoms with E-state index in [0.29, 0.717) is 31.7 Å². The Balaban J connectivity index is 1.22. The van der Waals surface area contributed by atoms with Gasteiger partial charge in [-0.25, -0.2) is 4.79 Å². The first-order valence-corrected chi connectivity index (χ1v) is 10.3. The van der Waals surface area contributed by atoms with E-state index in [0.717, 1.165) is 12.1 Å². The summed E-state index contributed by atoms with van der Waals surface area (Å²) < 4.78 is 50.4. The number of piperazine rings is 1. The second-order valence-electron chi connectivity index (χ2n) is 8.18. The van der Waals surface area contributed by atoms with Crippen molar-refractivity contribution >= 4 is 18.1 Å². The fourth-order valence-electron chi connectivity index (χ4n) is 3.56. The maximum atomic E-state index is 12.6. The lowest BCUT2D eigenvalue weighted by Gasteiger charge is -2.33. The van der Waals surface area contributed by atoms with E-state index in [-0.39, 0.29) is 25.0 Å². The number of carbonyl (C=O) groups excluding carboxylic acids is 1. The Hall–Kier alpha value is -3.84. The molecule has 0 spiro atoms. The summed E-state index contributed by atoms with van der Waals surface area (Å²) in [7, 11) is 0. The van der Waals surface area contributed by atoms with Gasteiger partial charge in [0, 0.05) is 18.1 Å². The average molecular weight is 482 g/mol. The van der Waals surface area contributed by atoms with Crippen LogP contribution in [0.5, 0.6) is 6.01 Å². The van der Waals surface area contributed by atoms with Crippen molar-refractivity contribution < 1.29 is 32.4 Å². The van der Waals surface area contributed by atoms with Crippen LogP contribution in [0.25, 0.3) is 0 Å². The van der Waals surface area contributed by atoms with Crippen molar-refractivity contribution in [2.75, 3.05) is 32.8 Å². The van der Waals surface area contributed by atoms with Gasteiger partial charge in [0.1, 0.15) is 12.8 Å². The molecule has 0 saturated carbocycles. The fourth-order valence-corrected chi connectivity index (χ4v) is 3.56. The summed E-state index contributed by atoms with van der Waals surface area (Å²) >= 11 is 0. The van der Waals surface area contributed by atoms with E-state index >= 15 is 0 Å². The maximum absolute atomic E-state index is 12.6. The van der Waals surface area contributed by atoms with Gasteiger partial charge in [0.2, 0.25) is 0 Å². The highest BCUT2D eigenvalue weighted by atomic mass is 19.4. The number of aromatic nitrogens is 2. The number of amides is 1. The molecule has 0 radical (unpaired) electrons. The highest BCUT2D eigenvalue weighted by Gasteiger charge is 2.42. The minimum atomic E-state index is -4.38. The molecule has 2 aromatic rings. The highest BCUT2D eigenvalue weighted by Crippen LogP contribution is 2.31. The van der Waals surface area contributed by atoms with Crippen LogP contribution in [0.4, 0.5) is 23.8 Å². The van der Waals surface area contributed by atoms with Gasteiger partial charge in [-0.05, 0) is 29.5 Å². The smallest absolute Gasteiger partial charge is 0.416 e. The Morgan fingerprint density at radius 1 is 1.29 bits per heavy atom. The van der Waals surface area contributed by atoms with Crippen molar-refractivity contribution in [1.82, 2.24) is 19.5 Å². The third-order valence-corrected chi connectivity index (χ3v) is 5.38. The lowest BCUT2D eigenvalue weighted by Crippen LogP contribution is -2.48. The van der Waals surface area contributed by atoms with Crippen LogP contribution in [0.3, 0.4) is 0 Å². The number of fused-ring (bicyclic) bond motifs is 1. The molecule has 182 valence electrons. The average Bonchev–Trinajstić information content (AvgIpc) is 3.32. The molecule has 0 unspecified atom stereocenters. The largest absolute Gasteiger partial charge is 0.445 e. The van der Waals surface area contributed by atoms with Crippen LogP contribution in [-0.2, 0) is 17.5 Å². The fraction of sp³-hybridized carbons (Fsp3) is 0.450. The summed E-state index contributed by atoms with van der Waals surface area (Å²) in [4.78, 5) is 27.9. The molecule has 4 rings (SSSR count). The predicted molar refractivity (Wildman–Crippen MR) is 111 cm³/mol. The van der Waals surface area contributed by atoms with Gasteiger partial charge in [0.15, 0.2) is 5.60 Å². The zero-order valence-corrected chi connectivity index (χ0v) is 18.1. The van der Waals surface area contributed by atoms with Gasteiger partial charge < -0.3 is 24.5 Å². The molecular weight excluding hydrogens is 461 g/mol. The quantitative estimate of drug-likeness (QED) is 0.366. The zero-order chi connectivity index (χ0) is 24.5. The molecule has 34 heavy (non-hydrogen) atoms. The maximum Gasteiger partial charge on any atom is 0.416 e. The summed E-state index contributed by atoms with van der Waals surface area (Å²) in [5.74, 6) is -0.312. The summed E-state index contributed by atoms with van der Waals surface area (Å²) in [5, 5.41) is 16.8. The number of halogens is 3. The third-order valence-electron chi connectivity index (χ3n) is 5.38. The van der Waals surface area contributed by atoms with E-state index in [9.17, 15) is 28.1 Å². The van der Waals surface area contributed by atoms with Gasteiger partial charge >= 0.3 is 24.1 Å². The van der Waals surface area contributed by atoms with Crippen molar-refractivity contribution in [2.24, 2.45) is 5.10 Å². The molecule has 1 aromatic heterocycles. The van der Waals surface area contributed by atoms with Crippen molar-refractivity contribution in [3.8, 4) is 6.01 Å². The van der Waals surface area contributed by atoms with E-state index in [1.54, 1.807) is 11.9 Å². The highest BCUT2D eigenvalue weighted by molar-refractivity contribution is 5.79. The summed E-state index contributed by atoms with van der Waals surface area (Å²) in [6, 6.07) is 4.78. The van der Waals surface area contributed by atoms with Gasteiger partial charge in [-0.15, -0.1) is 0 Å². The lowest BCUT2D eigenvalue weighted by atomic mass is 10.1. The minimum Gasteiger partial charge on any atom is -0.445 e. The van der Waals surface area contributed by atoms with Gasteiger partial charge in [-0.3, -0.25) is 9.58 Å². The Bertz CT molecular complexity index is 1070. The Kier molecular flexibility index (Phi) is 6.06. The van der Waals surface area contributed by atoms with E-state index in [4.69, 9.17) is 9.47 Å². The number of hydrogen-bond acceptors (Lipinski definition) is 8. The Labute approximate surface area is 191 Å². The number of hydrogen-bond donors (Lipinski definition) is 0. The summed E-state index contributed by atoms with van der Waals surface area (Å²) in [6.07, 6.45) is -2.16. The third kappa shape index (κ3) is 5.21. The molecular formula is C20H21F3N6O5. The number of nitro groups is 1. The van der Waals surface area contributed by atoms with E-state index in [1.807, 2.05) is 0 Å². The molecule has 1 amide bonds. The number of rotatable bonds is 5. The first-order chi connectivity index (χ1) is 16.0. The van der Waals surface area contributed by atoms with Crippen LogP contribution < -0.4 is 4.74 Å². The van der Waals surface area contributed by atoms with E-state index < -0.39 is 28.4 Å². The Morgan fingerprint density at radius 3 is 2.56 bits per heavy atom. The predicted octanol–water partition coefficient (Wildman–Crippen LogP) is 2.75. The summed E-state index contributed by atoms with van der Waals surface area (Å²) in [6.45, 7) is 3.48. The number of hydrazone groups is 1. The van der Waals surface area contributed by atoms with Crippen molar-refractivity contribution in [1.29, 1.82) is 0 Å². The molecule has 2 aliphatic heterocycles. The van der Waals surface area contributed by atoms with Crippen molar-refractivity contribution in [2.45, 2.75) is 25.2 Å². The van der Waals surface area contributed by atoms with Gasteiger partial charge in [-0.2, -0.15) is 18.3 Å². The molecule has 3 heterocycles. The number of nitrogens with zero attached hydrogens (tertiary/aromatic N) is 6. The first kappa shape index (κ1) is 23.3. The van der Waals surface area contributed by atoms with Gasteiger partial charge in [-0.1, -0.05) is 12.1 Å². The molecule has 14 heteroatoms. The van der Waals surface area contributed by atoms with Crippen molar-refractivity contribution in [3.05, 3.63) is 51.7 Å². The lowest BCUT2D eigenvalue weighted by molar-refractivity contribution is -0.389. The van der Waals surface area contributed by atoms with Gasteiger partial charge in [0.25, 0.3) is 0 Å². The topological polar surface area (TPSA) is 115 Å². The molecule has 1 fully saturated rings. The summed E-state index contributed by atoms with van der Waals surface area (Å²) in [5.41, 5.74) is -1.08. The van der Waals surface area contributed by atoms with Crippen LogP contribution >= 0.6 is 0 Å². The molecule has 11 nitrogen and oxygen atoms in total. The minimum absolute atomic E-state index is 0.0602. The monoisotopic (exact) mass is 482 g/mol. The number of alkyl halides is 3.